The second-order valence-electron chi connectivity index (χ2n) is 4.59. The Morgan fingerprint density at radius 1 is 1.25 bits per heavy atom. The molecule has 1 fully saturated rings. The van der Waals surface area contributed by atoms with Gasteiger partial charge in [0.2, 0.25) is 5.92 Å². The largest absolute Gasteiger partial charge is 0.326 e. The van der Waals surface area contributed by atoms with Gasteiger partial charge in [-0.1, -0.05) is 24.3 Å². The van der Waals surface area contributed by atoms with Gasteiger partial charge in [-0.25, -0.2) is 8.78 Å². The minimum absolute atomic E-state index is 0.00499. The zero-order valence-electron chi connectivity index (χ0n) is 9.26. The van der Waals surface area contributed by atoms with Crippen molar-refractivity contribution in [2.24, 2.45) is 5.73 Å². The quantitative estimate of drug-likeness (QED) is 0.819. The molecule has 1 atom stereocenters. The van der Waals surface area contributed by atoms with Gasteiger partial charge >= 0.3 is 0 Å². The summed E-state index contributed by atoms with van der Waals surface area (Å²) in [5.41, 5.74) is 7.57. The van der Waals surface area contributed by atoms with E-state index in [-0.39, 0.29) is 18.8 Å². The highest BCUT2D eigenvalue weighted by atomic mass is 19.3. The van der Waals surface area contributed by atoms with Gasteiger partial charge in [0.15, 0.2) is 0 Å². The first kappa shape index (κ1) is 11.5. The maximum absolute atomic E-state index is 13.3. The van der Waals surface area contributed by atoms with Crippen LogP contribution in [0.4, 0.5) is 8.78 Å². The summed E-state index contributed by atoms with van der Waals surface area (Å²) in [6.07, 6.45) is 1.53. The van der Waals surface area contributed by atoms with Gasteiger partial charge in [0.25, 0.3) is 0 Å². The van der Waals surface area contributed by atoms with Gasteiger partial charge in [0.1, 0.15) is 0 Å². The second kappa shape index (κ2) is 4.50. The maximum atomic E-state index is 13.3. The summed E-state index contributed by atoms with van der Waals surface area (Å²) in [4.78, 5) is 0. The molecule has 16 heavy (non-hydrogen) atoms. The molecule has 2 N–H and O–H groups in total. The van der Waals surface area contributed by atoms with E-state index in [2.05, 4.69) is 0 Å². The molecular formula is C13H17F2N. The fourth-order valence-electron chi connectivity index (χ4n) is 2.38. The molecule has 1 aliphatic rings. The molecule has 0 saturated heterocycles. The first-order valence-corrected chi connectivity index (χ1v) is 5.77. The van der Waals surface area contributed by atoms with E-state index in [1.807, 2.05) is 24.3 Å². The van der Waals surface area contributed by atoms with E-state index in [9.17, 15) is 8.78 Å². The standard InChI is InChI=1S/C13H17F2N/c14-13(15)7-1-2-12(8-13)11-5-3-10(9-16)4-6-11/h3-6,12H,1-2,7-9,16H2. The highest BCUT2D eigenvalue weighted by Crippen LogP contribution is 2.41. The summed E-state index contributed by atoms with van der Waals surface area (Å²) in [6, 6.07) is 7.74. The van der Waals surface area contributed by atoms with Gasteiger partial charge in [-0.15, -0.1) is 0 Å². The van der Waals surface area contributed by atoms with Crippen molar-refractivity contribution in [1.29, 1.82) is 0 Å². The average molecular weight is 225 g/mol. The SMILES string of the molecule is NCc1ccc(C2CCCC(F)(F)C2)cc1. The minimum atomic E-state index is -2.48. The molecule has 88 valence electrons. The van der Waals surface area contributed by atoms with Crippen LogP contribution >= 0.6 is 0 Å². The molecule has 0 amide bonds. The highest BCUT2D eigenvalue weighted by molar-refractivity contribution is 5.26. The Hall–Kier alpha value is -0.960. The Labute approximate surface area is 94.7 Å². The normalized spacial score (nSPS) is 24.3. The van der Waals surface area contributed by atoms with Crippen LogP contribution in [0.5, 0.6) is 0 Å². The summed E-state index contributed by atoms with van der Waals surface area (Å²) < 4.78 is 26.5. The predicted octanol–water partition coefficient (Wildman–Crippen LogP) is 3.44. The van der Waals surface area contributed by atoms with Crippen molar-refractivity contribution >= 4 is 0 Å². The van der Waals surface area contributed by atoms with Gasteiger partial charge in [-0.2, -0.15) is 0 Å². The van der Waals surface area contributed by atoms with Crippen LogP contribution in [0.2, 0.25) is 0 Å². The number of alkyl halides is 2. The lowest BCUT2D eigenvalue weighted by atomic mass is 9.82. The molecule has 3 heteroatoms. The van der Waals surface area contributed by atoms with Crippen LogP contribution < -0.4 is 5.73 Å². The van der Waals surface area contributed by atoms with E-state index < -0.39 is 5.92 Å². The number of benzene rings is 1. The molecule has 0 aliphatic heterocycles. The second-order valence-corrected chi connectivity index (χ2v) is 4.59. The van der Waals surface area contributed by atoms with Crippen molar-refractivity contribution in [2.75, 3.05) is 0 Å². The number of rotatable bonds is 2. The first-order chi connectivity index (χ1) is 7.61. The molecule has 0 aromatic heterocycles. The zero-order chi connectivity index (χ0) is 11.6. The third-order valence-corrected chi connectivity index (χ3v) is 3.33. The number of nitrogens with two attached hydrogens (primary N) is 1. The Kier molecular flexibility index (Phi) is 3.24. The van der Waals surface area contributed by atoms with E-state index in [0.29, 0.717) is 13.0 Å². The van der Waals surface area contributed by atoms with Crippen molar-refractivity contribution in [3.05, 3.63) is 35.4 Å². The fraction of sp³-hybridized carbons (Fsp3) is 0.538. The van der Waals surface area contributed by atoms with E-state index >= 15 is 0 Å². The predicted molar refractivity (Wildman–Crippen MR) is 60.5 cm³/mol. The van der Waals surface area contributed by atoms with Gasteiger partial charge in [0.05, 0.1) is 0 Å². The Balaban J connectivity index is 2.11. The molecule has 0 radical (unpaired) electrons. The molecule has 0 bridgehead atoms. The Morgan fingerprint density at radius 3 is 2.50 bits per heavy atom. The molecule has 1 unspecified atom stereocenters. The molecule has 2 rings (SSSR count). The van der Waals surface area contributed by atoms with Crippen LogP contribution in [-0.4, -0.2) is 5.92 Å². The van der Waals surface area contributed by atoms with E-state index in [1.54, 1.807) is 0 Å². The van der Waals surface area contributed by atoms with E-state index in [0.717, 1.165) is 17.5 Å². The third kappa shape index (κ3) is 2.59. The van der Waals surface area contributed by atoms with Crippen LogP contribution in [0.3, 0.4) is 0 Å². The fourth-order valence-corrected chi connectivity index (χ4v) is 2.38. The van der Waals surface area contributed by atoms with Crippen LogP contribution in [-0.2, 0) is 6.54 Å². The molecule has 1 aromatic rings. The van der Waals surface area contributed by atoms with Crippen molar-refractivity contribution in [1.82, 2.24) is 0 Å². The van der Waals surface area contributed by atoms with Crippen molar-refractivity contribution in [3.63, 3.8) is 0 Å². The molecule has 0 heterocycles. The van der Waals surface area contributed by atoms with Gasteiger partial charge in [0, 0.05) is 19.4 Å². The third-order valence-electron chi connectivity index (χ3n) is 3.33. The van der Waals surface area contributed by atoms with Gasteiger partial charge in [-0.05, 0) is 29.9 Å². The topological polar surface area (TPSA) is 26.0 Å². The lowest BCUT2D eigenvalue weighted by Gasteiger charge is -2.29. The summed E-state index contributed by atoms with van der Waals surface area (Å²) in [6.45, 7) is 0.501. The average Bonchev–Trinajstić information content (AvgIpc) is 2.28. The monoisotopic (exact) mass is 225 g/mol. The zero-order valence-corrected chi connectivity index (χ0v) is 9.26. The van der Waals surface area contributed by atoms with Crippen LogP contribution in [0, 0.1) is 0 Å². The number of halogens is 2. The molecule has 1 aliphatic carbocycles. The molecule has 1 aromatic carbocycles. The first-order valence-electron chi connectivity index (χ1n) is 5.77. The highest BCUT2D eigenvalue weighted by Gasteiger charge is 2.36. The summed E-state index contributed by atoms with van der Waals surface area (Å²) in [7, 11) is 0. The lowest BCUT2D eigenvalue weighted by molar-refractivity contribution is -0.0408. The van der Waals surface area contributed by atoms with Crippen molar-refractivity contribution in [2.45, 2.75) is 44.1 Å². The van der Waals surface area contributed by atoms with Crippen molar-refractivity contribution < 1.29 is 8.78 Å². The molecule has 1 nitrogen and oxygen atoms in total. The molecule has 0 spiro atoms. The Bertz CT molecular complexity index is 345. The van der Waals surface area contributed by atoms with Gasteiger partial charge in [-0.3, -0.25) is 0 Å². The Morgan fingerprint density at radius 2 is 1.94 bits per heavy atom. The van der Waals surface area contributed by atoms with Crippen LogP contribution in [0.25, 0.3) is 0 Å². The molecule has 1 saturated carbocycles. The smallest absolute Gasteiger partial charge is 0.248 e. The van der Waals surface area contributed by atoms with Crippen LogP contribution in [0.1, 0.15) is 42.7 Å². The van der Waals surface area contributed by atoms with Crippen molar-refractivity contribution in [3.8, 4) is 0 Å². The number of hydrogen-bond donors (Lipinski definition) is 1. The number of hydrogen-bond acceptors (Lipinski definition) is 1. The van der Waals surface area contributed by atoms with E-state index in [4.69, 9.17) is 5.73 Å². The lowest BCUT2D eigenvalue weighted by Crippen LogP contribution is -2.24. The maximum Gasteiger partial charge on any atom is 0.248 e. The summed E-state index contributed by atoms with van der Waals surface area (Å²) in [5, 5.41) is 0. The molecular weight excluding hydrogens is 208 g/mol. The van der Waals surface area contributed by atoms with E-state index in [1.165, 1.54) is 0 Å². The minimum Gasteiger partial charge on any atom is -0.326 e. The van der Waals surface area contributed by atoms with Crippen LogP contribution in [0.15, 0.2) is 24.3 Å². The van der Waals surface area contributed by atoms with Gasteiger partial charge < -0.3 is 5.73 Å². The summed E-state index contributed by atoms with van der Waals surface area (Å²) >= 11 is 0. The summed E-state index contributed by atoms with van der Waals surface area (Å²) in [5.74, 6) is -2.47.